The molecule has 0 spiro atoms. The van der Waals surface area contributed by atoms with Crippen LogP contribution in [0, 0.1) is 11.6 Å². The molecule has 0 aliphatic heterocycles. The monoisotopic (exact) mass is 255 g/mol. The van der Waals surface area contributed by atoms with E-state index in [1.807, 2.05) is 0 Å². The number of rotatable bonds is 3. The maximum absolute atomic E-state index is 13.8. The predicted molar refractivity (Wildman–Crippen MR) is 55.4 cm³/mol. The lowest BCUT2D eigenvalue weighted by Gasteiger charge is -2.05. The van der Waals surface area contributed by atoms with Crippen LogP contribution in [-0.2, 0) is 0 Å². The van der Waals surface area contributed by atoms with Crippen LogP contribution in [0.1, 0.15) is 10.6 Å². The molecule has 5 nitrogen and oxygen atoms in total. The van der Waals surface area contributed by atoms with Crippen LogP contribution < -0.4 is 4.74 Å². The Bertz CT molecular complexity index is 609. The molecule has 0 atom stereocenters. The zero-order valence-electron chi connectivity index (χ0n) is 9.11. The third-order valence-corrected chi connectivity index (χ3v) is 2.25. The molecule has 0 fully saturated rings. The summed E-state index contributed by atoms with van der Waals surface area (Å²) in [6, 6.07) is 3.15. The van der Waals surface area contributed by atoms with Crippen molar-refractivity contribution in [2.24, 2.45) is 0 Å². The predicted octanol–water partition coefficient (Wildman–Crippen LogP) is 2.33. The van der Waals surface area contributed by atoms with Crippen LogP contribution in [-0.4, -0.2) is 23.3 Å². The van der Waals surface area contributed by atoms with Gasteiger partial charge in [0.25, 0.3) is 0 Å². The van der Waals surface area contributed by atoms with Crippen LogP contribution in [0.25, 0.3) is 11.3 Å². The second-order valence-electron chi connectivity index (χ2n) is 3.32. The maximum Gasteiger partial charge on any atom is 0.374 e. The van der Waals surface area contributed by atoms with Gasteiger partial charge in [-0.15, -0.1) is 0 Å². The summed E-state index contributed by atoms with van der Waals surface area (Å²) in [7, 11) is 1.12. The number of carbonyl (C=O) groups is 1. The lowest BCUT2D eigenvalue weighted by molar-refractivity contribution is 0.0652. The molecular formula is C11H7F2NO4. The Hall–Kier alpha value is -2.44. The second kappa shape index (κ2) is 4.44. The van der Waals surface area contributed by atoms with Gasteiger partial charge in [-0.05, 0) is 12.1 Å². The van der Waals surface area contributed by atoms with E-state index in [2.05, 4.69) is 14.4 Å². The number of aromatic carboxylic acids is 1. The van der Waals surface area contributed by atoms with Crippen LogP contribution in [0.5, 0.6) is 5.75 Å². The van der Waals surface area contributed by atoms with Gasteiger partial charge in [0.1, 0.15) is 5.69 Å². The fourth-order valence-electron chi connectivity index (χ4n) is 1.42. The van der Waals surface area contributed by atoms with Crippen molar-refractivity contribution in [2.75, 3.05) is 7.11 Å². The molecule has 2 rings (SSSR count). The van der Waals surface area contributed by atoms with E-state index in [1.54, 1.807) is 0 Å². The summed E-state index contributed by atoms with van der Waals surface area (Å²) in [5.74, 6) is -4.16. The van der Waals surface area contributed by atoms with E-state index in [0.29, 0.717) is 0 Å². The standard InChI is InChI=1S/C11H7F2NO4/c1-17-10-6(12)3-2-5(9(10)13)7-4-8(11(15)16)18-14-7/h2-4H,1H3,(H,15,16). The number of hydrogen-bond donors (Lipinski definition) is 1. The van der Waals surface area contributed by atoms with Crippen molar-refractivity contribution >= 4 is 5.97 Å². The smallest absolute Gasteiger partial charge is 0.374 e. The van der Waals surface area contributed by atoms with E-state index in [-0.39, 0.29) is 11.3 Å². The first-order valence-corrected chi connectivity index (χ1v) is 4.77. The minimum Gasteiger partial charge on any atom is -0.491 e. The van der Waals surface area contributed by atoms with Gasteiger partial charge in [-0.3, -0.25) is 0 Å². The number of methoxy groups -OCH3 is 1. The molecule has 0 aliphatic carbocycles. The molecular weight excluding hydrogens is 248 g/mol. The number of aromatic nitrogens is 1. The average molecular weight is 255 g/mol. The van der Waals surface area contributed by atoms with Crippen molar-refractivity contribution in [1.82, 2.24) is 5.16 Å². The second-order valence-corrected chi connectivity index (χ2v) is 3.32. The first-order chi connectivity index (χ1) is 8.54. The number of halogens is 2. The lowest BCUT2D eigenvalue weighted by atomic mass is 10.1. The highest BCUT2D eigenvalue weighted by Gasteiger charge is 2.19. The third-order valence-electron chi connectivity index (χ3n) is 2.25. The first kappa shape index (κ1) is 12.0. The van der Waals surface area contributed by atoms with Gasteiger partial charge in [-0.25, -0.2) is 13.6 Å². The molecule has 18 heavy (non-hydrogen) atoms. The van der Waals surface area contributed by atoms with Gasteiger partial charge in [0.15, 0.2) is 17.4 Å². The third kappa shape index (κ3) is 1.90. The maximum atomic E-state index is 13.8. The molecule has 1 heterocycles. The number of ether oxygens (including phenoxy) is 1. The van der Waals surface area contributed by atoms with Gasteiger partial charge in [0.2, 0.25) is 5.76 Å². The quantitative estimate of drug-likeness (QED) is 0.911. The van der Waals surface area contributed by atoms with E-state index in [1.165, 1.54) is 0 Å². The Morgan fingerprint density at radius 2 is 2.17 bits per heavy atom. The molecule has 7 heteroatoms. The Morgan fingerprint density at radius 1 is 1.44 bits per heavy atom. The summed E-state index contributed by atoms with van der Waals surface area (Å²) in [4.78, 5) is 10.6. The van der Waals surface area contributed by atoms with Crippen molar-refractivity contribution in [3.05, 3.63) is 35.6 Å². The van der Waals surface area contributed by atoms with Gasteiger partial charge in [-0.2, -0.15) is 0 Å². The molecule has 94 valence electrons. The van der Waals surface area contributed by atoms with Crippen molar-refractivity contribution < 1.29 is 27.9 Å². The zero-order valence-corrected chi connectivity index (χ0v) is 9.11. The topological polar surface area (TPSA) is 72.6 Å². The summed E-state index contributed by atoms with van der Waals surface area (Å²) in [5.41, 5.74) is -0.160. The van der Waals surface area contributed by atoms with Crippen molar-refractivity contribution in [2.45, 2.75) is 0 Å². The molecule has 0 saturated carbocycles. The van der Waals surface area contributed by atoms with E-state index < -0.39 is 29.1 Å². The summed E-state index contributed by atoms with van der Waals surface area (Å²) in [6.07, 6.45) is 0. The van der Waals surface area contributed by atoms with Gasteiger partial charge < -0.3 is 14.4 Å². The van der Waals surface area contributed by atoms with Crippen LogP contribution in [0.15, 0.2) is 22.7 Å². The summed E-state index contributed by atoms with van der Waals surface area (Å²) in [6.45, 7) is 0. The average Bonchev–Trinajstić information content (AvgIpc) is 2.79. The van der Waals surface area contributed by atoms with Crippen LogP contribution in [0.4, 0.5) is 8.78 Å². The van der Waals surface area contributed by atoms with Crippen molar-refractivity contribution in [3.63, 3.8) is 0 Å². The summed E-state index contributed by atoms with van der Waals surface area (Å²) in [5, 5.41) is 12.0. The number of hydrogen-bond acceptors (Lipinski definition) is 4. The van der Waals surface area contributed by atoms with Gasteiger partial charge in [-0.1, -0.05) is 5.16 Å². The van der Waals surface area contributed by atoms with Crippen LogP contribution in [0.2, 0.25) is 0 Å². The molecule has 0 radical (unpaired) electrons. The Labute approximate surface area is 99.6 Å². The van der Waals surface area contributed by atoms with Crippen LogP contribution >= 0.6 is 0 Å². The summed E-state index contributed by atoms with van der Waals surface area (Å²) >= 11 is 0. The number of nitrogens with zero attached hydrogens (tertiary/aromatic N) is 1. The highest BCUT2D eigenvalue weighted by atomic mass is 19.1. The van der Waals surface area contributed by atoms with Gasteiger partial charge >= 0.3 is 5.97 Å². The molecule has 0 aliphatic rings. The summed E-state index contributed by atoms with van der Waals surface area (Å²) < 4.78 is 36.1. The number of carboxylic acid groups (broad SMARTS) is 1. The lowest BCUT2D eigenvalue weighted by Crippen LogP contribution is -1.95. The fourth-order valence-corrected chi connectivity index (χ4v) is 1.42. The minimum absolute atomic E-state index is 0.0526. The van der Waals surface area contributed by atoms with E-state index >= 15 is 0 Å². The van der Waals surface area contributed by atoms with Gasteiger partial charge in [0.05, 0.1) is 7.11 Å². The first-order valence-electron chi connectivity index (χ1n) is 4.77. The number of carboxylic acids is 1. The SMILES string of the molecule is COc1c(F)ccc(-c2cc(C(=O)O)on2)c1F. The molecule has 1 aromatic heterocycles. The van der Waals surface area contributed by atoms with Crippen molar-refractivity contribution in [1.29, 1.82) is 0 Å². The minimum atomic E-state index is -1.33. The van der Waals surface area contributed by atoms with Gasteiger partial charge in [0, 0.05) is 11.6 Å². The Morgan fingerprint density at radius 3 is 2.72 bits per heavy atom. The molecule has 0 saturated heterocycles. The Kier molecular flexibility index (Phi) is 2.97. The molecule has 0 unspecified atom stereocenters. The molecule has 0 bridgehead atoms. The molecule has 1 N–H and O–H groups in total. The highest BCUT2D eigenvalue weighted by Crippen LogP contribution is 2.30. The highest BCUT2D eigenvalue weighted by molar-refractivity contribution is 5.85. The largest absolute Gasteiger partial charge is 0.491 e. The molecule has 1 aromatic carbocycles. The number of benzene rings is 1. The molecule has 2 aromatic rings. The van der Waals surface area contributed by atoms with Crippen molar-refractivity contribution in [3.8, 4) is 17.0 Å². The Balaban J connectivity index is 2.53. The van der Waals surface area contributed by atoms with E-state index in [0.717, 1.165) is 25.3 Å². The zero-order chi connectivity index (χ0) is 13.3. The van der Waals surface area contributed by atoms with E-state index in [4.69, 9.17) is 5.11 Å². The molecule has 0 amide bonds. The van der Waals surface area contributed by atoms with Crippen LogP contribution in [0.3, 0.4) is 0 Å². The van der Waals surface area contributed by atoms with E-state index in [9.17, 15) is 13.6 Å². The normalized spacial score (nSPS) is 10.4. The fraction of sp³-hybridized carbons (Fsp3) is 0.0909.